The maximum atomic E-state index is 5.25. The number of nitrogens with zero attached hydrogens (tertiary/aromatic N) is 4. The fraction of sp³-hybridized carbons (Fsp3) is 0. The minimum Gasteiger partial charge on any atom is -0.309 e. The van der Waals surface area contributed by atoms with Crippen LogP contribution >= 0.6 is 0 Å². The highest BCUT2D eigenvalue weighted by Gasteiger charge is 2.16. The van der Waals surface area contributed by atoms with Crippen LogP contribution in [0.2, 0.25) is 0 Å². The molecule has 10 aromatic rings. The molecule has 55 heavy (non-hydrogen) atoms. The summed E-state index contributed by atoms with van der Waals surface area (Å²) in [6.07, 6.45) is 3.84. The smallest absolute Gasteiger partial charge is 0.160 e. The molecule has 4 nitrogen and oxygen atoms in total. The van der Waals surface area contributed by atoms with Crippen LogP contribution < -0.4 is 0 Å². The molecule has 3 heterocycles. The van der Waals surface area contributed by atoms with Gasteiger partial charge in [0.25, 0.3) is 0 Å². The van der Waals surface area contributed by atoms with Gasteiger partial charge in [-0.1, -0.05) is 140 Å². The van der Waals surface area contributed by atoms with Gasteiger partial charge in [-0.05, 0) is 88.0 Å². The Hall–Kier alpha value is -7.43. The molecule has 0 fully saturated rings. The average Bonchev–Trinajstić information content (AvgIpc) is 3.61. The summed E-state index contributed by atoms with van der Waals surface area (Å²) in [5, 5.41) is 2.29. The highest BCUT2D eigenvalue weighted by Crippen LogP contribution is 2.37. The molecule has 0 N–H and O–H groups in total. The number of aromatic nitrogens is 4. The molecule has 3 aromatic heterocycles. The van der Waals surface area contributed by atoms with E-state index in [1.807, 2.05) is 24.5 Å². The van der Waals surface area contributed by atoms with Crippen LogP contribution in [0.4, 0.5) is 0 Å². The molecule has 4 heteroatoms. The second kappa shape index (κ2) is 13.8. The number of fused-ring (bicyclic) bond motifs is 3. The fourth-order valence-corrected chi connectivity index (χ4v) is 7.59. The van der Waals surface area contributed by atoms with Gasteiger partial charge in [0.15, 0.2) is 5.82 Å². The van der Waals surface area contributed by atoms with Crippen molar-refractivity contribution < 1.29 is 0 Å². The Balaban J connectivity index is 1.11. The monoisotopic (exact) mass is 702 g/mol. The van der Waals surface area contributed by atoms with E-state index in [4.69, 9.17) is 9.97 Å². The lowest BCUT2D eigenvalue weighted by Crippen LogP contribution is -1.96. The van der Waals surface area contributed by atoms with Gasteiger partial charge in [-0.15, -0.1) is 0 Å². The van der Waals surface area contributed by atoms with Crippen LogP contribution in [0.1, 0.15) is 0 Å². The SMILES string of the molecule is c1ccc(-c2cccc(-c3cc(-c4cccc(-c5ccc6c(c5)c5cnccc5n6-c5ccccc5)c4)nc(-c4cccc(-c5ccccc5)c4)n3)c2)cc1. The van der Waals surface area contributed by atoms with E-state index in [2.05, 4.69) is 192 Å². The Morgan fingerprint density at radius 3 is 1.42 bits per heavy atom. The quantitative estimate of drug-likeness (QED) is 0.166. The van der Waals surface area contributed by atoms with E-state index in [1.165, 1.54) is 5.56 Å². The second-order valence-electron chi connectivity index (χ2n) is 13.7. The normalized spacial score (nSPS) is 11.3. The van der Waals surface area contributed by atoms with Gasteiger partial charge in [0, 0.05) is 45.5 Å². The molecule has 258 valence electrons. The standard InChI is InChI=1S/C51H34N4/c1-4-13-35(14-5-1)37-17-10-20-41(29-37)47-33-48(54-51(53-47)43-22-12-18-38(31-43)36-15-6-2-7-16-36)42-21-11-19-39(30-42)40-25-26-49-45(32-40)46-34-52-28-27-50(46)55(49)44-23-8-3-9-24-44/h1-34H. The maximum Gasteiger partial charge on any atom is 0.160 e. The average molecular weight is 703 g/mol. The van der Waals surface area contributed by atoms with Gasteiger partial charge >= 0.3 is 0 Å². The molecule has 0 saturated heterocycles. The Kier molecular flexibility index (Phi) is 8.12. The van der Waals surface area contributed by atoms with Crippen molar-refractivity contribution in [2.24, 2.45) is 0 Å². The Labute approximate surface area is 319 Å². The highest BCUT2D eigenvalue weighted by atomic mass is 15.0. The first kappa shape index (κ1) is 32.2. The molecule has 0 aliphatic heterocycles. The first-order chi connectivity index (χ1) is 27.2. The van der Waals surface area contributed by atoms with Crippen LogP contribution in [0, 0.1) is 0 Å². The lowest BCUT2D eigenvalue weighted by atomic mass is 9.98. The number of rotatable bonds is 7. The molecular formula is C51H34N4. The van der Waals surface area contributed by atoms with Gasteiger partial charge in [0.05, 0.1) is 22.4 Å². The maximum absolute atomic E-state index is 5.25. The number of para-hydroxylation sites is 1. The molecule has 0 bridgehead atoms. The summed E-state index contributed by atoms with van der Waals surface area (Å²) in [6, 6.07) is 68.2. The van der Waals surface area contributed by atoms with Crippen molar-refractivity contribution in [3.63, 3.8) is 0 Å². The van der Waals surface area contributed by atoms with Gasteiger partial charge in [-0.2, -0.15) is 0 Å². The zero-order valence-electron chi connectivity index (χ0n) is 29.9. The molecule has 0 aliphatic rings. The zero-order chi connectivity index (χ0) is 36.6. The van der Waals surface area contributed by atoms with Gasteiger partial charge in [0.1, 0.15) is 0 Å². The molecule has 0 radical (unpaired) electrons. The minimum atomic E-state index is 0.684. The highest BCUT2D eigenvalue weighted by molar-refractivity contribution is 6.10. The van der Waals surface area contributed by atoms with Crippen molar-refractivity contribution in [3.05, 3.63) is 207 Å². The summed E-state index contributed by atoms with van der Waals surface area (Å²) in [5.74, 6) is 0.684. The van der Waals surface area contributed by atoms with Crippen molar-refractivity contribution in [1.82, 2.24) is 19.5 Å². The predicted octanol–water partition coefficient (Wildman–Crippen LogP) is 13.0. The number of hydrogen-bond acceptors (Lipinski definition) is 3. The van der Waals surface area contributed by atoms with E-state index in [9.17, 15) is 0 Å². The summed E-state index contributed by atoms with van der Waals surface area (Å²) in [5.41, 5.74) is 15.0. The van der Waals surface area contributed by atoms with E-state index < -0.39 is 0 Å². The largest absolute Gasteiger partial charge is 0.309 e. The van der Waals surface area contributed by atoms with Gasteiger partial charge in [-0.3, -0.25) is 4.98 Å². The van der Waals surface area contributed by atoms with Crippen molar-refractivity contribution in [1.29, 1.82) is 0 Å². The van der Waals surface area contributed by atoms with E-state index in [0.29, 0.717) is 5.82 Å². The van der Waals surface area contributed by atoms with E-state index in [-0.39, 0.29) is 0 Å². The van der Waals surface area contributed by atoms with Crippen molar-refractivity contribution in [2.75, 3.05) is 0 Å². The predicted molar refractivity (Wildman–Crippen MR) is 227 cm³/mol. The molecular weight excluding hydrogens is 669 g/mol. The van der Waals surface area contributed by atoms with Gasteiger partial charge in [0.2, 0.25) is 0 Å². The van der Waals surface area contributed by atoms with E-state index in [1.54, 1.807) is 0 Å². The van der Waals surface area contributed by atoms with Crippen LogP contribution in [0.5, 0.6) is 0 Å². The van der Waals surface area contributed by atoms with Gasteiger partial charge in [-0.25, -0.2) is 9.97 Å². The van der Waals surface area contributed by atoms with Crippen LogP contribution in [0.25, 0.3) is 94.8 Å². The lowest BCUT2D eigenvalue weighted by molar-refractivity contribution is 1.17. The summed E-state index contributed by atoms with van der Waals surface area (Å²) < 4.78 is 2.32. The summed E-state index contributed by atoms with van der Waals surface area (Å²) in [6.45, 7) is 0. The number of hydrogen-bond donors (Lipinski definition) is 0. The van der Waals surface area contributed by atoms with Crippen molar-refractivity contribution in [3.8, 4) is 73.0 Å². The Morgan fingerprint density at radius 2 is 0.800 bits per heavy atom. The summed E-state index contributed by atoms with van der Waals surface area (Å²) in [7, 11) is 0. The van der Waals surface area contributed by atoms with Crippen LogP contribution in [0.3, 0.4) is 0 Å². The van der Waals surface area contributed by atoms with E-state index >= 15 is 0 Å². The molecule has 0 unspecified atom stereocenters. The molecule has 0 saturated carbocycles. The lowest BCUT2D eigenvalue weighted by Gasteiger charge is -2.12. The summed E-state index contributed by atoms with van der Waals surface area (Å²) >= 11 is 0. The third-order valence-corrected chi connectivity index (χ3v) is 10.3. The first-order valence-corrected chi connectivity index (χ1v) is 18.5. The molecule has 10 rings (SSSR count). The number of benzene rings is 7. The van der Waals surface area contributed by atoms with E-state index in [0.717, 1.165) is 83.4 Å². The van der Waals surface area contributed by atoms with Crippen molar-refractivity contribution >= 4 is 21.8 Å². The minimum absolute atomic E-state index is 0.684. The second-order valence-corrected chi connectivity index (χ2v) is 13.7. The molecule has 0 amide bonds. The topological polar surface area (TPSA) is 43.6 Å². The third-order valence-electron chi connectivity index (χ3n) is 10.3. The van der Waals surface area contributed by atoms with Crippen molar-refractivity contribution in [2.45, 2.75) is 0 Å². The Morgan fingerprint density at radius 1 is 0.327 bits per heavy atom. The van der Waals surface area contributed by atoms with Gasteiger partial charge < -0.3 is 4.57 Å². The molecule has 7 aromatic carbocycles. The van der Waals surface area contributed by atoms with Crippen LogP contribution in [-0.4, -0.2) is 19.5 Å². The summed E-state index contributed by atoms with van der Waals surface area (Å²) in [4.78, 5) is 15.0. The first-order valence-electron chi connectivity index (χ1n) is 18.5. The molecule has 0 aliphatic carbocycles. The Bertz CT molecular complexity index is 2870. The third kappa shape index (κ3) is 6.16. The van der Waals surface area contributed by atoms with Crippen LogP contribution in [0.15, 0.2) is 207 Å². The fourth-order valence-electron chi connectivity index (χ4n) is 7.59. The zero-order valence-corrected chi connectivity index (χ0v) is 29.9. The van der Waals surface area contributed by atoms with Crippen LogP contribution in [-0.2, 0) is 0 Å². The molecule has 0 atom stereocenters. The molecule has 0 spiro atoms. The number of pyridine rings is 1.